The van der Waals surface area contributed by atoms with Crippen LogP contribution < -0.4 is 5.32 Å². The van der Waals surface area contributed by atoms with Gasteiger partial charge in [0.15, 0.2) is 0 Å². The molecular formula is C17H21F3N2O2. The van der Waals surface area contributed by atoms with Crippen molar-refractivity contribution in [3.05, 3.63) is 35.4 Å². The summed E-state index contributed by atoms with van der Waals surface area (Å²) in [5.74, 6) is -0.370. The SMILES string of the molecule is C[C@@H]1CN2C[C@H](NC(=O)Cc3ccccc3C(F)(F)F)C[C@H]2CO1. The van der Waals surface area contributed by atoms with Gasteiger partial charge in [-0.1, -0.05) is 18.2 Å². The van der Waals surface area contributed by atoms with Gasteiger partial charge in [0.1, 0.15) is 0 Å². The molecule has 0 radical (unpaired) electrons. The van der Waals surface area contributed by atoms with Gasteiger partial charge in [-0.15, -0.1) is 0 Å². The largest absolute Gasteiger partial charge is 0.416 e. The Morgan fingerprint density at radius 1 is 1.33 bits per heavy atom. The van der Waals surface area contributed by atoms with Gasteiger partial charge < -0.3 is 10.1 Å². The average Bonchev–Trinajstić information content (AvgIpc) is 2.87. The molecule has 3 atom stereocenters. The molecule has 0 aliphatic carbocycles. The first-order valence-corrected chi connectivity index (χ1v) is 8.13. The van der Waals surface area contributed by atoms with Crippen molar-refractivity contribution in [2.75, 3.05) is 19.7 Å². The number of hydrogen-bond donors (Lipinski definition) is 1. The van der Waals surface area contributed by atoms with Crippen molar-refractivity contribution in [2.24, 2.45) is 0 Å². The number of hydrogen-bond acceptors (Lipinski definition) is 3. The summed E-state index contributed by atoms with van der Waals surface area (Å²) in [6.45, 7) is 4.21. The highest BCUT2D eigenvalue weighted by Crippen LogP contribution is 2.32. The molecule has 0 saturated carbocycles. The normalized spacial score (nSPS) is 27.8. The van der Waals surface area contributed by atoms with Crippen LogP contribution in [0.1, 0.15) is 24.5 Å². The number of fused-ring (bicyclic) bond motifs is 1. The Hall–Kier alpha value is -1.60. The fraction of sp³-hybridized carbons (Fsp3) is 0.588. The summed E-state index contributed by atoms with van der Waals surface area (Å²) >= 11 is 0. The maximum absolute atomic E-state index is 13.0. The molecule has 3 rings (SSSR count). The molecule has 1 aromatic rings. The standard InChI is InChI=1S/C17H21F3N2O2/c1-11-8-22-9-13(7-14(22)10-24-11)21-16(23)6-12-4-2-3-5-15(12)17(18,19)20/h2-5,11,13-14H,6-10H2,1H3,(H,21,23)/t11-,13-,14+/m1/s1. The zero-order valence-corrected chi connectivity index (χ0v) is 13.5. The molecule has 2 aliphatic rings. The number of ether oxygens (including phenoxy) is 1. The van der Waals surface area contributed by atoms with E-state index in [2.05, 4.69) is 10.2 Å². The van der Waals surface area contributed by atoms with E-state index in [1.165, 1.54) is 18.2 Å². The lowest BCUT2D eigenvalue weighted by Gasteiger charge is -2.33. The summed E-state index contributed by atoms with van der Waals surface area (Å²) in [6.07, 6.45) is -3.75. The third kappa shape index (κ3) is 3.89. The second kappa shape index (κ2) is 6.72. The van der Waals surface area contributed by atoms with E-state index >= 15 is 0 Å². The van der Waals surface area contributed by atoms with Crippen LogP contribution in [0.2, 0.25) is 0 Å². The molecule has 24 heavy (non-hydrogen) atoms. The second-order valence-electron chi connectivity index (χ2n) is 6.58. The minimum atomic E-state index is -4.45. The van der Waals surface area contributed by atoms with E-state index in [1.807, 2.05) is 6.92 Å². The number of carbonyl (C=O) groups excluding carboxylic acids is 1. The van der Waals surface area contributed by atoms with E-state index in [0.717, 1.165) is 25.6 Å². The molecule has 1 N–H and O–H groups in total. The number of rotatable bonds is 3. The van der Waals surface area contributed by atoms with Crippen molar-refractivity contribution in [3.63, 3.8) is 0 Å². The van der Waals surface area contributed by atoms with Crippen molar-refractivity contribution in [1.82, 2.24) is 10.2 Å². The Bertz CT molecular complexity index is 606. The van der Waals surface area contributed by atoms with E-state index in [1.54, 1.807) is 0 Å². The Kier molecular flexibility index (Phi) is 4.83. The van der Waals surface area contributed by atoms with Gasteiger partial charge in [0, 0.05) is 25.2 Å². The lowest BCUT2D eigenvalue weighted by Crippen LogP contribution is -2.45. The summed E-state index contributed by atoms with van der Waals surface area (Å²) < 4.78 is 44.6. The number of carbonyl (C=O) groups is 1. The molecule has 0 aromatic heterocycles. The number of alkyl halides is 3. The molecule has 1 amide bonds. The lowest BCUT2D eigenvalue weighted by atomic mass is 10.0. The Balaban J connectivity index is 1.59. The monoisotopic (exact) mass is 342 g/mol. The molecule has 4 nitrogen and oxygen atoms in total. The first-order chi connectivity index (χ1) is 11.3. The Labute approximate surface area is 139 Å². The second-order valence-corrected chi connectivity index (χ2v) is 6.58. The quantitative estimate of drug-likeness (QED) is 0.916. The van der Waals surface area contributed by atoms with Gasteiger partial charge in [-0.2, -0.15) is 13.2 Å². The average molecular weight is 342 g/mol. The summed E-state index contributed by atoms with van der Waals surface area (Å²) in [7, 11) is 0. The molecule has 7 heteroatoms. The van der Waals surface area contributed by atoms with Gasteiger partial charge in [0.25, 0.3) is 0 Å². The number of nitrogens with one attached hydrogen (secondary N) is 1. The highest BCUT2D eigenvalue weighted by atomic mass is 19.4. The van der Waals surface area contributed by atoms with Crippen LogP contribution in [0.3, 0.4) is 0 Å². The maximum atomic E-state index is 13.0. The van der Waals surface area contributed by atoms with Gasteiger partial charge in [0.2, 0.25) is 5.91 Å². The summed E-state index contributed by atoms with van der Waals surface area (Å²) in [4.78, 5) is 14.5. The van der Waals surface area contributed by atoms with Crippen LogP contribution in [-0.4, -0.2) is 48.7 Å². The van der Waals surface area contributed by atoms with Crippen LogP contribution in [0.4, 0.5) is 13.2 Å². The highest BCUT2D eigenvalue weighted by Gasteiger charge is 2.37. The van der Waals surface area contributed by atoms with E-state index in [-0.39, 0.29) is 36.1 Å². The third-order valence-corrected chi connectivity index (χ3v) is 4.63. The first kappa shape index (κ1) is 17.2. The first-order valence-electron chi connectivity index (χ1n) is 8.13. The smallest absolute Gasteiger partial charge is 0.376 e. The van der Waals surface area contributed by atoms with Gasteiger partial charge >= 0.3 is 6.18 Å². The molecule has 0 spiro atoms. The summed E-state index contributed by atoms with van der Waals surface area (Å²) in [6, 6.07) is 5.48. The molecule has 132 valence electrons. The Morgan fingerprint density at radius 2 is 2.08 bits per heavy atom. The van der Waals surface area contributed by atoms with E-state index in [9.17, 15) is 18.0 Å². The van der Waals surface area contributed by atoms with Crippen LogP contribution in [0, 0.1) is 0 Å². The van der Waals surface area contributed by atoms with Crippen LogP contribution >= 0.6 is 0 Å². The van der Waals surface area contributed by atoms with Crippen LogP contribution in [-0.2, 0) is 22.1 Å². The lowest BCUT2D eigenvalue weighted by molar-refractivity contribution is -0.138. The minimum absolute atomic E-state index is 0.00942. The third-order valence-electron chi connectivity index (χ3n) is 4.63. The number of morpholine rings is 1. The fourth-order valence-corrected chi connectivity index (χ4v) is 3.55. The molecule has 2 heterocycles. The van der Waals surface area contributed by atoms with E-state index in [0.29, 0.717) is 6.61 Å². The van der Waals surface area contributed by atoms with Crippen LogP contribution in [0.15, 0.2) is 24.3 Å². The highest BCUT2D eigenvalue weighted by molar-refractivity contribution is 5.79. The minimum Gasteiger partial charge on any atom is -0.376 e. The predicted octanol–water partition coefficient (Wildman–Crippen LogP) is 2.23. The summed E-state index contributed by atoms with van der Waals surface area (Å²) in [5, 5.41) is 2.87. The molecular weight excluding hydrogens is 321 g/mol. The van der Waals surface area contributed by atoms with Gasteiger partial charge in [0.05, 0.1) is 24.7 Å². The Morgan fingerprint density at radius 3 is 2.83 bits per heavy atom. The van der Waals surface area contributed by atoms with Crippen molar-refractivity contribution in [1.29, 1.82) is 0 Å². The zero-order chi connectivity index (χ0) is 17.3. The molecule has 1 aromatic carbocycles. The molecule has 2 fully saturated rings. The number of halogens is 3. The topological polar surface area (TPSA) is 41.6 Å². The van der Waals surface area contributed by atoms with Crippen molar-refractivity contribution in [3.8, 4) is 0 Å². The number of benzene rings is 1. The molecule has 2 aliphatic heterocycles. The van der Waals surface area contributed by atoms with Crippen molar-refractivity contribution in [2.45, 2.75) is 44.1 Å². The predicted molar refractivity (Wildman–Crippen MR) is 82.5 cm³/mol. The van der Waals surface area contributed by atoms with Crippen molar-refractivity contribution >= 4 is 5.91 Å². The van der Waals surface area contributed by atoms with Crippen LogP contribution in [0.25, 0.3) is 0 Å². The molecule has 0 unspecified atom stereocenters. The molecule has 0 bridgehead atoms. The van der Waals surface area contributed by atoms with E-state index in [4.69, 9.17) is 4.74 Å². The number of amides is 1. The zero-order valence-electron chi connectivity index (χ0n) is 13.5. The fourth-order valence-electron chi connectivity index (χ4n) is 3.55. The molecule has 2 saturated heterocycles. The van der Waals surface area contributed by atoms with Crippen LogP contribution in [0.5, 0.6) is 0 Å². The van der Waals surface area contributed by atoms with Gasteiger partial charge in [-0.25, -0.2) is 0 Å². The van der Waals surface area contributed by atoms with Crippen molar-refractivity contribution < 1.29 is 22.7 Å². The maximum Gasteiger partial charge on any atom is 0.416 e. The van der Waals surface area contributed by atoms with Gasteiger partial charge in [-0.3, -0.25) is 9.69 Å². The van der Waals surface area contributed by atoms with E-state index < -0.39 is 11.7 Å². The van der Waals surface area contributed by atoms with Gasteiger partial charge in [-0.05, 0) is 25.0 Å². The number of nitrogens with zero attached hydrogens (tertiary/aromatic N) is 1. The summed E-state index contributed by atoms with van der Waals surface area (Å²) in [5.41, 5.74) is -0.735.